The molecule has 1 heterocycles. The summed E-state index contributed by atoms with van der Waals surface area (Å²) in [5, 5.41) is 0. The van der Waals surface area contributed by atoms with Crippen molar-refractivity contribution in [1.82, 2.24) is 9.97 Å². The molecule has 3 rings (SSSR count). The number of benzene rings is 1. The molecule has 2 aromatic rings. The van der Waals surface area contributed by atoms with Crippen LogP contribution in [0.1, 0.15) is 30.8 Å². The van der Waals surface area contributed by atoms with Crippen LogP contribution in [0.25, 0.3) is 11.3 Å². The molecule has 0 unspecified atom stereocenters. The predicted molar refractivity (Wildman–Crippen MR) is 76.6 cm³/mol. The summed E-state index contributed by atoms with van der Waals surface area (Å²) in [6.07, 6.45) is 0.848. The van der Waals surface area contributed by atoms with E-state index in [4.69, 9.17) is 11.6 Å². The van der Waals surface area contributed by atoms with Crippen LogP contribution < -0.4 is 5.56 Å². The van der Waals surface area contributed by atoms with Gasteiger partial charge in [-0.15, -0.1) is 11.6 Å². The lowest BCUT2D eigenvalue weighted by Gasteiger charge is -2.32. The molecule has 19 heavy (non-hydrogen) atoms. The van der Waals surface area contributed by atoms with Crippen molar-refractivity contribution in [3.8, 4) is 11.3 Å². The number of hydrogen-bond donors (Lipinski definition) is 1. The number of halogens is 1. The molecule has 0 amide bonds. The van der Waals surface area contributed by atoms with Crippen LogP contribution in [0.2, 0.25) is 0 Å². The van der Waals surface area contributed by atoms with Gasteiger partial charge in [-0.2, -0.15) is 0 Å². The number of nitrogens with zero attached hydrogens (tertiary/aromatic N) is 1. The third-order valence-electron chi connectivity index (χ3n) is 3.68. The Balaban J connectivity index is 2.39. The van der Waals surface area contributed by atoms with Crippen LogP contribution in [0.15, 0.2) is 29.1 Å². The van der Waals surface area contributed by atoms with Gasteiger partial charge in [0.15, 0.2) is 0 Å². The summed E-state index contributed by atoms with van der Waals surface area (Å²) >= 11 is 5.81. The molecule has 0 saturated heterocycles. The van der Waals surface area contributed by atoms with Gasteiger partial charge in [-0.25, -0.2) is 4.98 Å². The van der Waals surface area contributed by atoms with Crippen LogP contribution in [0, 0.1) is 0 Å². The molecule has 4 heteroatoms. The predicted octanol–water partition coefficient (Wildman–Crippen LogP) is 3.01. The van der Waals surface area contributed by atoms with E-state index in [0.29, 0.717) is 5.82 Å². The molecule has 0 atom stereocenters. The second kappa shape index (κ2) is 4.20. The van der Waals surface area contributed by atoms with Gasteiger partial charge in [-0.3, -0.25) is 4.79 Å². The highest BCUT2D eigenvalue weighted by atomic mass is 35.5. The molecular formula is C15H15ClN2O. The van der Waals surface area contributed by atoms with Crippen LogP contribution in [0.4, 0.5) is 0 Å². The maximum absolute atomic E-state index is 12.3. The molecule has 1 aliphatic carbocycles. The van der Waals surface area contributed by atoms with E-state index in [2.05, 4.69) is 29.9 Å². The molecule has 0 fully saturated rings. The molecule has 3 nitrogen and oxygen atoms in total. The van der Waals surface area contributed by atoms with Crippen LogP contribution in [-0.2, 0) is 17.7 Å². The van der Waals surface area contributed by atoms with Gasteiger partial charge in [0.25, 0.3) is 5.56 Å². The average Bonchev–Trinajstić information content (AvgIpc) is 2.37. The van der Waals surface area contributed by atoms with Gasteiger partial charge in [-0.05, 0) is 12.0 Å². The van der Waals surface area contributed by atoms with Crippen molar-refractivity contribution in [2.24, 2.45) is 0 Å². The Hall–Kier alpha value is -1.61. The normalized spacial score (nSPS) is 15.7. The molecule has 0 aliphatic heterocycles. The fourth-order valence-corrected chi connectivity index (χ4v) is 3.00. The van der Waals surface area contributed by atoms with Crippen molar-refractivity contribution < 1.29 is 0 Å². The van der Waals surface area contributed by atoms with Crippen LogP contribution in [0.5, 0.6) is 0 Å². The van der Waals surface area contributed by atoms with Gasteiger partial charge in [0.2, 0.25) is 0 Å². The second-order valence-electron chi connectivity index (χ2n) is 5.59. The zero-order chi connectivity index (χ0) is 13.6. The van der Waals surface area contributed by atoms with Gasteiger partial charge in [-0.1, -0.05) is 38.1 Å². The first kappa shape index (κ1) is 12.4. The first-order valence-electron chi connectivity index (χ1n) is 6.31. The van der Waals surface area contributed by atoms with E-state index in [1.54, 1.807) is 0 Å². The minimum absolute atomic E-state index is 0.0693. The Morgan fingerprint density at radius 3 is 2.84 bits per heavy atom. The maximum atomic E-state index is 12.3. The third-order valence-corrected chi connectivity index (χ3v) is 3.93. The monoisotopic (exact) mass is 274 g/mol. The van der Waals surface area contributed by atoms with Gasteiger partial charge in [0, 0.05) is 16.5 Å². The largest absolute Gasteiger partial charge is 0.309 e. The smallest absolute Gasteiger partial charge is 0.255 e. The molecule has 0 saturated carbocycles. The van der Waals surface area contributed by atoms with E-state index in [-0.39, 0.29) is 16.9 Å². The highest BCUT2D eigenvalue weighted by Crippen LogP contribution is 2.39. The van der Waals surface area contributed by atoms with Crippen molar-refractivity contribution in [2.75, 3.05) is 0 Å². The Morgan fingerprint density at radius 2 is 2.11 bits per heavy atom. The molecule has 0 spiro atoms. The van der Waals surface area contributed by atoms with Crippen molar-refractivity contribution in [1.29, 1.82) is 0 Å². The number of rotatable bonds is 1. The summed E-state index contributed by atoms with van der Waals surface area (Å²) in [5.74, 6) is 0.739. The minimum Gasteiger partial charge on any atom is -0.309 e. The standard InChI is InChI=1S/C15H15ClN2O/c1-15(2)7-9-5-3-4-6-10(9)13-12(15)14(19)18-11(8-16)17-13/h3-6H,7-8H2,1-2H3,(H,17,18,19). The summed E-state index contributed by atoms with van der Waals surface area (Å²) in [5.41, 5.74) is 3.55. The minimum atomic E-state index is -0.213. The summed E-state index contributed by atoms with van der Waals surface area (Å²) in [6, 6.07) is 8.12. The lowest BCUT2D eigenvalue weighted by Crippen LogP contribution is -2.34. The zero-order valence-corrected chi connectivity index (χ0v) is 11.7. The molecule has 1 N–H and O–H groups in total. The molecule has 1 aromatic heterocycles. The Morgan fingerprint density at radius 1 is 1.37 bits per heavy atom. The van der Waals surface area contributed by atoms with Crippen LogP contribution >= 0.6 is 11.6 Å². The topological polar surface area (TPSA) is 45.8 Å². The number of nitrogens with one attached hydrogen (secondary N) is 1. The Bertz CT molecular complexity index is 704. The van der Waals surface area contributed by atoms with Crippen molar-refractivity contribution in [2.45, 2.75) is 31.6 Å². The Labute approximate surface area is 116 Å². The number of aromatic amines is 1. The maximum Gasteiger partial charge on any atom is 0.255 e. The molecule has 98 valence electrons. The lowest BCUT2D eigenvalue weighted by molar-refractivity contribution is 0.506. The summed E-state index contributed by atoms with van der Waals surface area (Å²) in [4.78, 5) is 19.6. The molecule has 1 aromatic carbocycles. The first-order chi connectivity index (χ1) is 9.03. The van der Waals surface area contributed by atoms with Gasteiger partial charge < -0.3 is 4.98 Å². The number of H-pyrrole nitrogens is 1. The number of fused-ring (bicyclic) bond motifs is 3. The summed E-state index contributed by atoms with van der Waals surface area (Å²) in [6.45, 7) is 4.16. The van der Waals surface area contributed by atoms with Crippen molar-refractivity contribution in [3.63, 3.8) is 0 Å². The van der Waals surface area contributed by atoms with Gasteiger partial charge in [0.1, 0.15) is 5.82 Å². The number of alkyl halides is 1. The van der Waals surface area contributed by atoms with Gasteiger partial charge >= 0.3 is 0 Å². The number of aromatic nitrogens is 2. The quantitative estimate of drug-likeness (QED) is 0.813. The first-order valence-corrected chi connectivity index (χ1v) is 6.84. The SMILES string of the molecule is CC1(C)Cc2ccccc2-c2nc(CCl)[nH]c(=O)c21. The second-order valence-corrected chi connectivity index (χ2v) is 5.85. The van der Waals surface area contributed by atoms with E-state index >= 15 is 0 Å². The average molecular weight is 275 g/mol. The summed E-state index contributed by atoms with van der Waals surface area (Å²) in [7, 11) is 0. The zero-order valence-electron chi connectivity index (χ0n) is 11.0. The molecule has 1 aliphatic rings. The van der Waals surface area contributed by atoms with E-state index in [0.717, 1.165) is 23.2 Å². The van der Waals surface area contributed by atoms with Crippen LogP contribution in [-0.4, -0.2) is 9.97 Å². The van der Waals surface area contributed by atoms with Crippen molar-refractivity contribution >= 4 is 11.6 Å². The third kappa shape index (κ3) is 1.89. The summed E-state index contributed by atoms with van der Waals surface area (Å²) < 4.78 is 0. The highest BCUT2D eigenvalue weighted by Gasteiger charge is 2.34. The van der Waals surface area contributed by atoms with Gasteiger partial charge in [0.05, 0.1) is 11.6 Å². The van der Waals surface area contributed by atoms with E-state index in [9.17, 15) is 4.79 Å². The van der Waals surface area contributed by atoms with Crippen LogP contribution in [0.3, 0.4) is 0 Å². The van der Waals surface area contributed by atoms with E-state index < -0.39 is 0 Å². The number of hydrogen-bond acceptors (Lipinski definition) is 2. The molecule has 0 radical (unpaired) electrons. The van der Waals surface area contributed by atoms with E-state index in [1.165, 1.54) is 5.56 Å². The molecular weight excluding hydrogens is 260 g/mol. The Kier molecular flexibility index (Phi) is 2.75. The highest BCUT2D eigenvalue weighted by molar-refractivity contribution is 6.16. The lowest BCUT2D eigenvalue weighted by atomic mass is 9.72. The fraction of sp³-hybridized carbons (Fsp3) is 0.333. The van der Waals surface area contributed by atoms with Crippen molar-refractivity contribution in [3.05, 3.63) is 51.6 Å². The molecule has 0 bridgehead atoms. The fourth-order valence-electron chi connectivity index (χ4n) is 2.88. The van der Waals surface area contributed by atoms with E-state index in [1.807, 2.05) is 18.2 Å².